The van der Waals surface area contributed by atoms with Crippen LogP contribution in [0, 0.1) is 5.82 Å². The molecular weight excluding hydrogens is 402 g/mol. The lowest BCUT2D eigenvalue weighted by atomic mass is 9.81. The molecule has 1 unspecified atom stereocenters. The maximum absolute atomic E-state index is 13.5. The standard InChI is InChI=1S/C23H20F2N4O2/c1-29-21(30)23(28-22(29)26,16-7-8-27-19(11-16)13-24)17-9-15(10-20(12-17)31-2)14-3-5-18(25)6-4-14/h3-12H,13H2,1-2H3,(H2,26,28). The molecule has 3 aromatic rings. The fraction of sp³-hybridized carbons (Fsp3) is 0.174. The van der Waals surface area contributed by atoms with E-state index in [0.29, 0.717) is 22.4 Å². The molecule has 1 aliphatic heterocycles. The number of nitrogens with zero attached hydrogens (tertiary/aromatic N) is 3. The highest BCUT2D eigenvalue weighted by Gasteiger charge is 2.50. The van der Waals surface area contributed by atoms with Crippen LogP contribution in [0.5, 0.6) is 5.75 Å². The van der Waals surface area contributed by atoms with Crippen LogP contribution in [-0.4, -0.2) is 35.9 Å². The summed E-state index contributed by atoms with van der Waals surface area (Å²) in [5.41, 5.74) is 7.01. The van der Waals surface area contributed by atoms with E-state index in [1.165, 1.54) is 43.5 Å². The molecule has 0 fully saturated rings. The molecule has 1 amide bonds. The average molecular weight is 422 g/mol. The number of nitrogens with two attached hydrogens (primary N) is 1. The van der Waals surface area contributed by atoms with Gasteiger partial charge in [0.25, 0.3) is 5.91 Å². The van der Waals surface area contributed by atoms with Crippen molar-refractivity contribution >= 4 is 11.9 Å². The van der Waals surface area contributed by atoms with Gasteiger partial charge in [0.05, 0.1) is 12.8 Å². The van der Waals surface area contributed by atoms with Crippen LogP contribution in [0.25, 0.3) is 11.1 Å². The van der Waals surface area contributed by atoms with Crippen LogP contribution in [0.15, 0.2) is 65.8 Å². The molecule has 6 nitrogen and oxygen atoms in total. The molecule has 0 radical (unpaired) electrons. The van der Waals surface area contributed by atoms with Crippen LogP contribution in [0.4, 0.5) is 8.78 Å². The lowest BCUT2D eigenvalue weighted by molar-refractivity contribution is -0.129. The first-order valence-electron chi connectivity index (χ1n) is 9.49. The van der Waals surface area contributed by atoms with Gasteiger partial charge in [0.15, 0.2) is 11.5 Å². The first-order valence-corrected chi connectivity index (χ1v) is 9.49. The third kappa shape index (κ3) is 3.39. The first-order chi connectivity index (χ1) is 14.9. The van der Waals surface area contributed by atoms with E-state index in [1.807, 2.05) is 0 Å². The van der Waals surface area contributed by atoms with Gasteiger partial charge in [-0.2, -0.15) is 0 Å². The number of halogens is 2. The molecule has 0 saturated carbocycles. The number of rotatable bonds is 5. The maximum Gasteiger partial charge on any atom is 0.266 e. The molecule has 8 heteroatoms. The number of benzene rings is 2. The summed E-state index contributed by atoms with van der Waals surface area (Å²) < 4.78 is 32.2. The van der Waals surface area contributed by atoms with Gasteiger partial charge in [-0.1, -0.05) is 12.1 Å². The van der Waals surface area contributed by atoms with Gasteiger partial charge in [-0.25, -0.2) is 13.8 Å². The predicted octanol–water partition coefficient (Wildman–Crippen LogP) is 3.40. The smallest absolute Gasteiger partial charge is 0.266 e. The lowest BCUT2D eigenvalue weighted by Gasteiger charge is -2.27. The second-order valence-corrected chi connectivity index (χ2v) is 7.17. The van der Waals surface area contributed by atoms with Crippen LogP contribution in [0.2, 0.25) is 0 Å². The number of hydrogen-bond acceptors (Lipinski definition) is 5. The largest absolute Gasteiger partial charge is 0.497 e. The Labute approximate surface area is 178 Å². The fourth-order valence-electron chi connectivity index (χ4n) is 3.70. The fourth-order valence-corrected chi connectivity index (χ4v) is 3.70. The third-order valence-corrected chi connectivity index (χ3v) is 5.35. The molecule has 1 aromatic heterocycles. The van der Waals surface area contributed by atoms with Gasteiger partial charge in [-0.3, -0.25) is 14.7 Å². The zero-order chi connectivity index (χ0) is 22.2. The summed E-state index contributed by atoms with van der Waals surface area (Å²) in [4.78, 5) is 23.2. The van der Waals surface area contributed by atoms with Crippen molar-refractivity contribution in [1.82, 2.24) is 9.88 Å². The predicted molar refractivity (Wildman–Crippen MR) is 113 cm³/mol. The van der Waals surface area contributed by atoms with Gasteiger partial charge in [0, 0.05) is 13.2 Å². The van der Waals surface area contributed by atoms with E-state index in [4.69, 9.17) is 10.5 Å². The van der Waals surface area contributed by atoms with E-state index < -0.39 is 12.2 Å². The number of alkyl halides is 1. The van der Waals surface area contributed by atoms with Gasteiger partial charge >= 0.3 is 0 Å². The van der Waals surface area contributed by atoms with Crippen molar-refractivity contribution in [3.63, 3.8) is 0 Å². The summed E-state index contributed by atoms with van der Waals surface area (Å²) >= 11 is 0. The van der Waals surface area contributed by atoms with E-state index in [9.17, 15) is 13.6 Å². The van der Waals surface area contributed by atoms with E-state index >= 15 is 0 Å². The molecule has 31 heavy (non-hydrogen) atoms. The molecule has 2 N–H and O–H groups in total. The number of methoxy groups -OCH3 is 1. The van der Waals surface area contributed by atoms with Crippen molar-refractivity contribution in [2.24, 2.45) is 10.7 Å². The Kier molecular flexibility index (Phi) is 5.14. The Morgan fingerprint density at radius 2 is 1.81 bits per heavy atom. The summed E-state index contributed by atoms with van der Waals surface area (Å²) in [5, 5.41) is 0. The van der Waals surface area contributed by atoms with Crippen molar-refractivity contribution in [2.75, 3.05) is 14.2 Å². The highest BCUT2D eigenvalue weighted by Crippen LogP contribution is 2.42. The minimum Gasteiger partial charge on any atom is -0.497 e. The Morgan fingerprint density at radius 1 is 1.06 bits per heavy atom. The minimum absolute atomic E-state index is 0.0368. The number of ether oxygens (including phenoxy) is 1. The van der Waals surface area contributed by atoms with E-state index in [1.54, 1.807) is 36.4 Å². The number of aromatic nitrogens is 1. The van der Waals surface area contributed by atoms with Crippen molar-refractivity contribution in [2.45, 2.75) is 12.2 Å². The maximum atomic E-state index is 13.5. The number of guanidine groups is 1. The van der Waals surface area contributed by atoms with Crippen LogP contribution >= 0.6 is 0 Å². The number of pyridine rings is 1. The summed E-state index contributed by atoms with van der Waals surface area (Å²) in [6, 6.07) is 14.3. The van der Waals surface area contributed by atoms with Crippen LogP contribution in [0.1, 0.15) is 16.8 Å². The Morgan fingerprint density at radius 3 is 2.42 bits per heavy atom. The molecule has 158 valence electrons. The minimum atomic E-state index is -1.53. The monoisotopic (exact) mass is 422 g/mol. The normalized spacial score (nSPS) is 18.3. The topological polar surface area (TPSA) is 80.8 Å². The molecule has 2 aromatic carbocycles. The highest BCUT2D eigenvalue weighted by molar-refractivity contribution is 6.09. The molecular formula is C23H20F2N4O2. The SMILES string of the molecule is COc1cc(-c2ccc(F)cc2)cc(C2(c3ccnc(CF)c3)N=C(N)N(C)C2=O)c1. The van der Waals surface area contributed by atoms with Crippen molar-refractivity contribution in [3.05, 3.63) is 83.4 Å². The zero-order valence-electron chi connectivity index (χ0n) is 17.0. The number of likely N-dealkylation sites (N-methyl/N-ethyl adjacent to an activating group) is 1. The Bertz CT molecular complexity index is 1180. The molecule has 1 atom stereocenters. The van der Waals surface area contributed by atoms with E-state index in [2.05, 4.69) is 9.98 Å². The summed E-state index contributed by atoms with van der Waals surface area (Å²) in [6.07, 6.45) is 1.43. The van der Waals surface area contributed by atoms with Crippen molar-refractivity contribution in [3.8, 4) is 16.9 Å². The molecule has 0 saturated heterocycles. The number of carbonyl (C=O) groups is 1. The van der Waals surface area contributed by atoms with Crippen LogP contribution in [0.3, 0.4) is 0 Å². The number of aliphatic imine (C=N–C) groups is 1. The van der Waals surface area contributed by atoms with E-state index in [-0.39, 0.29) is 23.4 Å². The zero-order valence-corrected chi connectivity index (χ0v) is 17.0. The number of carbonyl (C=O) groups excluding carboxylic acids is 1. The van der Waals surface area contributed by atoms with Gasteiger partial charge in [0.1, 0.15) is 18.2 Å². The van der Waals surface area contributed by atoms with Crippen molar-refractivity contribution in [1.29, 1.82) is 0 Å². The van der Waals surface area contributed by atoms with Gasteiger partial charge in [-0.15, -0.1) is 0 Å². The third-order valence-electron chi connectivity index (χ3n) is 5.35. The molecule has 1 aliphatic rings. The summed E-state index contributed by atoms with van der Waals surface area (Å²) in [7, 11) is 3.04. The van der Waals surface area contributed by atoms with Gasteiger partial charge in [-0.05, 0) is 64.7 Å². The second-order valence-electron chi connectivity index (χ2n) is 7.17. The molecule has 0 spiro atoms. The lowest BCUT2D eigenvalue weighted by Crippen LogP contribution is -2.41. The summed E-state index contributed by atoms with van der Waals surface area (Å²) in [6.45, 7) is -0.786. The average Bonchev–Trinajstić information content (AvgIpc) is 3.04. The van der Waals surface area contributed by atoms with Gasteiger partial charge < -0.3 is 10.5 Å². The van der Waals surface area contributed by atoms with E-state index in [0.717, 1.165) is 5.56 Å². The molecule has 0 aliphatic carbocycles. The summed E-state index contributed by atoms with van der Waals surface area (Å²) in [5.74, 6) is -0.231. The molecule has 2 heterocycles. The Balaban J connectivity index is 1.99. The number of amides is 1. The van der Waals surface area contributed by atoms with Crippen molar-refractivity contribution < 1.29 is 18.3 Å². The first kappa shape index (κ1) is 20.5. The van der Waals surface area contributed by atoms with Crippen LogP contribution in [-0.2, 0) is 17.0 Å². The Hall–Kier alpha value is -3.81. The molecule has 0 bridgehead atoms. The van der Waals surface area contributed by atoms with Gasteiger partial charge in [0.2, 0.25) is 0 Å². The second kappa shape index (κ2) is 7.79. The number of hydrogen-bond donors (Lipinski definition) is 1. The molecule has 4 rings (SSSR count). The quantitative estimate of drug-likeness (QED) is 0.684. The van der Waals surface area contributed by atoms with Crippen LogP contribution < -0.4 is 10.5 Å². The highest BCUT2D eigenvalue weighted by atomic mass is 19.1.